The quantitative estimate of drug-likeness (QED) is 0.862. The maximum absolute atomic E-state index is 12.5. The van der Waals surface area contributed by atoms with Crippen LogP contribution in [0.1, 0.15) is 10.4 Å². The molecule has 0 aromatic carbocycles. The largest absolute Gasteiger partial charge is 0.502 e. The van der Waals surface area contributed by atoms with E-state index in [1.165, 1.54) is 10.6 Å². The first-order valence-corrected chi connectivity index (χ1v) is 8.59. The second-order valence-corrected chi connectivity index (χ2v) is 6.81. The third-order valence-corrected chi connectivity index (χ3v) is 5.20. The first kappa shape index (κ1) is 16.2. The van der Waals surface area contributed by atoms with Crippen LogP contribution in [-0.4, -0.2) is 32.4 Å². The molecular weight excluding hydrogens is 356 g/mol. The van der Waals surface area contributed by atoms with E-state index in [9.17, 15) is 24.6 Å². The van der Waals surface area contributed by atoms with Gasteiger partial charge in [0, 0.05) is 12.0 Å². The van der Waals surface area contributed by atoms with Crippen LogP contribution in [-0.2, 0) is 11.3 Å². The van der Waals surface area contributed by atoms with Crippen LogP contribution in [0.5, 0.6) is 5.75 Å². The van der Waals surface area contributed by atoms with E-state index < -0.39 is 17.3 Å². The Morgan fingerprint density at radius 3 is 2.81 bits per heavy atom. The molecule has 0 radical (unpaired) electrons. The lowest BCUT2D eigenvalue weighted by molar-refractivity contribution is -0.113. The van der Waals surface area contributed by atoms with E-state index in [-0.39, 0.29) is 23.9 Å². The third kappa shape index (κ3) is 2.51. The Morgan fingerprint density at radius 1 is 1.27 bits per heavy atom. The topological polar surface area (TPSA) is 109 Å². The average Bonchev–Trinajstić information content (AvgIpc) is 3.07. The molecule has 0 saturated heterocycles. The molecule has 2 N–H and O–H groups in total. The maximum atomic E-state index is 12.5. The van der Waals surface area contributed by atoms with Gasteiger partial charge >= 0.3 is 5.97 Å². The number of aromatic nitrogens is 1. The molecule has 7 nitrogen and oxygen atoms in total. The Kier molecular flexibility index (Phi) is 3.69. The monoisotopic (exact) mass is 368 g/mol. The predicted octanol–water partition coefficient (Wildman–Crippen LogP) is 2.12. The standard InChI is InChI=1S/C18H12N2O5S/c21-13-4-3-10-2-1-9(7-11(10)19-13)8-20-12-5-6-26-16(12)14(18(24)25)15(22)17(20)23/h1-7,10,22H,8H2,(H,24,25). The zero-order valence-corrected chi connectivity index (χ0v) is 14.1. The molecule has 1 atom stereocenters. The Balaban J connectivity index is 1.81. The van der Waals surface area contributed by atoms with Gasteiger partial charge in [-0.2, -0.15) is 0 Å². The fourth-order valence-electron chi connectivity index (χ4n) is 3.07. The van der Waals surface area contributed by atoms with Crippen molar-refractivity contribution in [3.05, 3.63) is 63.3 Å². The minimum Gasteiger partial charge on any atom is -0.502 e. The number of allylic oxidation sites excluding steroid dienone is 5. The number of carbonyl (C=O) groups is 2. The van der Waals surface area contributed by atoms with E-state index in [0.29, 0.717) is 15.9 Å². The van der Waals surface area contributed by atoms with Crippen molar-refractivity contribution >= 4 is 39.1 Å². The molecule has 1 amide bonds. The van der Waals surface area contributed by atoms with E-state index in [4.69, 9.17) is 0 Å². The van der Waals surface area contributed by atoms with Gasteiger partial charge in [0.25, 0.3) is 11.5 Å². The summed E-state index contributed by atoms with van der Waals surface area (Å²) in [4.78, 5) is 39.3. The molecule has 1 aliphatic carbocycles. The van der Waals surface area contributed by atoms with Crippen LogP contribution in [0.4, 0.5) is 0 Å². The summed E-state index contributed by atoms with van der Waals surface area (Å²) in [6.07, 6.45) is 8.61. The molecule has 130 valence electrons. The highest BCUT2D eigenvalue weighted by Gasteiger charge is 2.23. The summed E-state index contributed by atoms with van der Waals surface area (Å²) in [5, 5.41) is 21.1. The van der Waals surface area contributed by atoms with Gasteiger partial charge in [0.15, 0.2) is 5.75 Å². The molecule has 2 aromatic rings. The number of aliphatic imine (C=N–C) groups is 1. The lowest BCUT2D eigenvalue weighted by Gasteiger charge is -2.19. The summed E-state index contributed by atoms with van der Waals surface area (Å²) >= 11 is 1.14. The van der Waals surface area contributed by atoms with Crippen molar-refractivity contribution in [2.75, 3.05) is 0 Å². The number of dihydropyridines is 1. The highest BCUT2D eigenvalue weighted by atomic mass is 32.1. The first-order valence-electron chi connectivity index (χ1n) is 7.71. The van der Waals surface area contributed by atoms with Gasteiger partial charge in [-0.05, 0) is 23.1 Å². The van der Waals surface area contributed by atoms with Gasteiger partial charge in [-0.15, -0.1) is 11.3 Å². The van der Waals surface area contributed by atoms with Crippen molar-refractivity contribution in [2.24, 2.45) is 10.9 Å². The molecular formula is C18H12N2O5S. The van der Waals surface area contributed by atoms with Gasteiger partial charge in [-0.1, -0.05) is 18.2 Å². The summed E-state index contributed by atoms with van der Waals surface area (Å²) < 4.78 is 1.66. The number of aromatic carboxylic acids is 1. The van der Waals surface area contributed by atoms with Crippen LogP contribution in [0, 0.1) is 5.92 Å². The molecule has 4 rings (SSSR count). The number of fused-ring (bicyclic) bond motifs is 2. The zero-order valence-electron chi connectivity index (χ0n) is 13.2. The molecule has 0 spiro atoms. The normalized spacial score (nSPS) is 18.6. The molecule has 0 bridgehead atoms. The number of carboxylic acids is 1. The molecule has 1 unspecified atom stereocenters. The number of thiophene rings is 1. The van der Waals surface area contributed by atoms with Crippen LogP contribution in [0.15, 0.2) is 57.2 Å². The van der Waals surface area contributed by atoms with Gasteiger partial charge in [0.05, 0.1) is 22.5 Å². The number of rotatable bonds is 3. The van der Waals surface area contributed by atoms with Crippen LogP contribution in [0.25, 0.3) is 10.2 Å². The van der Waals surface area contributed by atoms with E-state index in [1.807, 2.05) is 12.2 Å². The zero-order chi connectivity index (χ0) is 18.4. The Labute approximate surface area is 150 Å². The second-order valence-electron chi connectivity index (χ2n) is 5.89. The second kappa shape index (κ2) is 5.92. The van der Waals surface area contributed by atoms with E-state index in [1.54, 1.807) is 23.6 Å². The molecule has 0 saturated carbocycles. The third-order valence-electron chi connectivity index (χ3n) is 4.28. The van der Waals surface area contributed by atoms with Crippen LogP contribution in [0.2, 0.25) is 0 Å². The van der Waals surface area contributed by atoms with Crippen molar-refractivity contribution in [1.29, 1.82) is 0 Å². The minimum atomic E-state index is -1.35. The number of aromatic hydroxyl groups is 1. The average molecular weight is 368 g/mol. The lowest BCUT2D eigenvalue weighted by Crippen LogP contribution is -2.24. The molecule has 2 aliphatic rings. The van der Waals surface area contributed by atoms with Crippen LogP contribution >= 0.6 is 11.3 Å². The molecule has 0 fully saturated rings. The summed E-state index contributed by atoms with van der Waals surface area (Å²) in [6.45, 7) is 0.125. The molecule has 2 aromatic heterocycles. The lowest BCUT2D eigenvalue weighted by atomic mass is 9.92. The number of carbonyl (C=O) groups excluding carboxylic acids is 1. The fraction of sp³-hybridized carbons (Fsp3) is 0.111. The van der Waals surface area contributed by atoms with Gasteiger partial charge in [0.1, 0.15) is 5.56 Å². The predicted molar refractivity (Wildman–Crippen MR) is 97.0 cm³/mol. The van der Waals surface area contributed by atoms with Gasteiger partial charge in [-0.3, -0.25) is 14.2 Å². The Hall–Kier alpha value is -3.26. The van der Waals surface area contributed by atoms with E-state index >= 15 is 0 Å². The van der Waals surface area contributed by atoms with Crippen molar-refractivity contribution in [3.8, 4) is 5.75 Å². The molecule has 1 aliphatic heterocycles. The van der Waals surface area contributed by atoms with Gasteiger partial charge in [-0.25, -0.2) is 9.79 Å². The highest BCUT2D eigenvalue weighted by Crippen LogP contribution is 2.29. The number of amides is 1. The molecule has 8 heteroatoms. The SMILES string of the molecule is O=C1C=CC2C=CC(Cn3c(=O)c(O)c(C(=O)O)c4sccc43)=CC2=N1. The number of nitrogens with zero attached hydrogens (tertiary/aromatic N) is 2. The van der Waals surface area contributed by atoms with Crippen molar-refractivity contribution in [3.63, 3.8) is 0 Å². The number of carboxylic acid groups (broad SMARTS) is 1. The summed E-state index contributed by atoms with van der Waals surface area (Å²) in [5.41, 5.74) is 0.604. The van der Waals surface area contributed by atoms with Crippen molar-refractivity contribution < 1.29 is 19.8 Å². The summed E-state index contributed by atoms with van der Waals surface area (Å²) in [7, 11) is 0. The molecule has 3 heterocycles. The Bertz CT molecular complexity index is 1150. The summed E-state index contributed by atoms with van der Waals surface area (Å²) in [5.74, 6) is -2.53. The van der Waals surface area contributed by atoms with Crippen molar-refractivity contribution in [2.45, 2.75) is 6.54 Å². The smallest absolute Gasteiger partial charge is 0.341 e. The minimum absolute atomic E-state index is 0.0721. The van der Waals surface area contributed by atoms with Crippen molar-refractivity contribution in [1.82, 2.24) is 4.57 Å². The van der Waals surface area contributed by atoms with Gasteiger partial charge < -0.3 is 10.2 Å². The number of hydrogen-bond donors (Lipinski definition) is 2. The fourth-order valence-corrected chi connectivity index (χ4v) is 4.00. The van der Waals surface area contributed by atoms with Crippen LogP contribution in [0.3, 0.4) is 0 Å². The highest BCUT2D eigenvalue weighted by molar-refractivity contribution is 7.17. The maximum Gasteiger partial charge on any atom is 0.341 e. The van der Waals surface area contributed by atoms with E-state index in [0.717, 1.165) is 16.9 Å². The summed E-state index contributed by atoms with van der Waals surface area (Å²) in [6, 6.07) is 1.65. The number of pyridine rings is 1. The van der Waals surface area contributed by atoms with E-state index in [2.05, 4.69) is 4.99 Å². The first-order chi connectivity index (χ1) is 12.5. The van der Waals surface area contributed by atoms with Crippen LogP contribution < -0.4 is 5.56 Å². The van der Waals surface area contributed by atoms with Gasteiger partial charge in [0.2, 0.25) is 0 Å². The number of hydrogen-bond acceptors (Lipinski definition) is 5. The Morgan fingerprint density at radius 2 is 2.04 bits per heavy atom. The molecule has 26 heavy (non-hydrogen) atoms.